The summed E-state index contributed by atoms with van der Waals surface area (Å²) in [4.78, 5) is 14.3. The van der Waals surface area contributed by atoms with Gasteiger partial charge in [-0.3, -0.25) is 9.69 Å². The summed E-state index contributed by atoms with van der Waals surface area (Å²) in [5.74, 6) is 1.45. The highest BCUT2D eigenvalue weighted by Gasteiger charge is 2.22. The molecule has 0 spiro atoms. The zero-order valence-corrected chi connectivity index (χ0v) is 14.1. The number of hydrogen-bond acceptors (Lipinski definition) is 3. The SMILES string of the molecule is CCN1CCCC1CNC(=O)CSCc1cccc(Cl)c1. The summed E-state index contributed by atoms with van der Waals surface area (Å²) in [6.45, 7) is 5.20. The molecule has 1 heterocycles. The molecule has 0 radical (unpaired) electrons. The molecule has 0 aromatic heterocycles. The van der Waals surface area contributed by atoms with Crippen molar-refractivity contribution < 1.29 is 4.79 Å². The smallest absolute Gasteiger partial charge is 0.230 e. The Bertz CT molecular complexity index is 469. The van der Waals surface area contributed by atoms with Crippen LogP contribution in [0.2, 0.25) is 5.02 Å². The van der Waals surface area contributed by atoms with E-state index in [9.17, 15) is 4.79 Å². The van der Waals surface area contributed by atoms with Crippen LogP contribution in [-0.2, 0) is 10.5 Å². The standard InChI is InChI=1S/C16H23ClN2OS/c1-2-19-8-4-7-15(19)10-18-16(20)12-21-11-13-5-3-6-14(17)9-13/h3,5-6,9,15H,2,4,7-8,10-12H2,1H3,(H,18,20). The molecule has 1 aliphatic rings. The highest BCUT2D eigenvalue weighted by Crippen LogP contribution is 2.17. The van der Waals surface area contributed by atoms with Gasteiger partial charge >= 0.3 is 0 Å². The van der Waals surface area contributed by atoms with E-state index in [0.717, 1.165) is 29.4 Å². The van der Waals surface area contributed by atoms with Crippen LogP contribution in [0.25, 0.3) is 0 Å². The summed E-state index contributed by atoms with van der Waals surface area (Å²) < 4.78 is 0. The highest BCUT2D eigenvalue weighted by atomic mass is 35.5. The monoisotopic (exact) mass is 326 g/mol. The summed E-state index contributed by atoms with van der Waals surface area (Å²) >= 11 is 7.57. The molecule has 1 aliphatic heterocycles. The van der Waals surface area contributed by atoms with Gasteiger partial charge in [-0.15, -0.1) is 11.8 Å². The van der Waals surface area contributed by atoms with E-state index in [1.807, 2.05) is 24.3 Å². The molecule has 1 N–H and O–H groups in total. The quantitative estimate of drug-likeness (QED) is 0.835. The number of nitrogens with zero attached hydrogens (tertiary/aromatic N) is 1. The minimum absolute atomic E-state index is 0.130. The van der Waals surface area contributed by atoms with Crippen LogP contribution in [0.15, 0.2) is 24.3 Å². The largest absolute Gasteiger partial charge is 0.354 e. The van der Waals surface area contributed by atoms with Crippen LogP contribution >= 0.6 is 23.4 Å². The van der Waals surface area contributed by atoms with Gasteiger partial charge in [0.2, 0.25) is 5.91 Å². The molecule has 1 unspecified atom stereocenters. The Balaban J connectivity index is 1.63. The summed E-state index contributed by atoms with van der Waals surface area (Å²) in [7, 11) is 0. The molecule has 0 aliphatic carbocycles. The van der Waals surface area contributed by atoms with E-state index in [2.05, 4.69) is 17.1 Å². The molecule has 3 nitrogen and oxygen atoms in total. The van der Waals surface area contributed by atoms with Crippen molar-refractivity contribution >= 4 is 29.3 Å². The lowest BCUT2D eigenvalue weighted by Gasteiger charge is -2.22. The minimum atomic E-state index is 0.130. The zero-order valence-electron chi connectivity index (χ0n) is 12.5. The molecule has 1 aromatic rings. The zero-order chi connectivity index (χ0) is 15.1. The second-order valence-corrected chi connectivity index (χ2v) is 6.77. The first kappa shape index (κ1) is 16.7. The van der Waals surface area contributed by atoms with E-state index in [0.29, 0.717) is 11.8 Å². The predicted octanol–water partition coefficient (Wildman–Crippen LogP) is 3.17. The Morgan fingerprint density at radius 2 is 2.38 bits per heavy atom. The number of thioether (sulfide) groups is 1. The Kier molecular flexibility index (Phi) is 6.87. The first-order valence-electron chi connectivity index (χ1n) is 7.52. The summed E-state index contributed by atoms with van der Waals surface area (Å²) in [5.41, 5.74) is 1.16. The van der Waals surface area contributed by atoms with Gasteiger partial charge in [-0.05, 0) is 43.6 Å². The van der Waals surface area contributed by atoms with Gasteiger partial charge in [0.1, 0.15) is 0 Å². The van der Waals surface area contributed by atoms with Crippen molar-refractivity contribution in [2.75, 3.05) is 25.4 Å². The number of likely N-dealkylation sites (N-methyl/N-ethyl adjacent to an activating group) is 1. The molecule has 0 saturated carbocycles. The molecule has 1 amide bonds. The topological polar surface area (TPSA) is 32.3 Å². The van der Waals surface area contributed by atoms with Gasteiger partial charge in [0.25, 0.3) is 0 Å². The molecule has 1 atom stereocenters. The van der Waals surface area contributed by atoms with Crippen LogP contribution in [0.4, 0.5) is 0 Å². The summed E-state index contributed by atoms with van der Waals surface area (Å²) in [5, 5.41) is 3.81. The number of carbonyl (C=O) groups excluding carboxylic acids is 1. The van der Waals surface area contributed by atoms with Crippen LogP contribution < -0.4 is 5.32 Å². The number of hydrogen-bond donors (Lipinski definition) is 1. The van der Waals surface area contributed by atoms with Crippen LogP contribution in [0, 0.1) is 0 Å². The van der Waals surface area contributed by atoms with Crippen molar-refractivity contribution in [3.63, 3.8) is 0 Å². The van der Waals surface area contributed by atoms with Gasteiger partial charge in [0.05, 0.1) is 5.75 Å². The summed E-state index contributed by atoms with van der Waals surface area (Å²) in [6, 6.07) is 8.32. The van der Waals surface area contributed by atoms with Crippen LogP contribution in [0.1, 0.15) is 25.3 Å². The van der Waals surface area contributed by atoms with E-state index in [4.69, 9.17) is 11.6 Å². The van der Waals surface area contributed by atoms with Crippen LogP contribution in [0.5, 0.6) is 0 Å². The van der Waals surface area contributed by atoms with Gasteiger partial charge in [0, 0.05) is 23.4 Å². The lowest BCUT2D eigenvalue weighted by molar-refractivity contribution is -0.118. The van der Waals surface area contributed by atoms with E-state index < -0.39 is 0 Å². The van der Waals surface area contributed by atoms with Crippen LogP contribution in [-0.4, -0.2) is 42.2 Å². The second-order valence-electron chi connectivity index (χ2n) is 5.35. The van der Waals surface area contributed by atoms with Crippen molar-refractivity contribution in [2.45, 2.75) is 31.6 Å². The molecule has 116 valence electrons. The number of nitrogens with one attached hydrogen (secondary N) is 1. The van der Waals surface area contributed by atoms with E-state index in [1.165, 1.54) is 19.4 Å². The van der Waals surface area contributed by atoms with Gasteiger partial charge in [-0.25, -0.2) is 0 Å². The van der Waals surface area contributed by atoms with E-state index >= 15 is 0 Å². The molecule has 1 aromatic carbocycles. The fourth-order valence-corrected chi connectivity index (χ4v) is 3.73. The Labute approximate surface area is 136 Å². The first-order chi connectivity index (χ1) is 10.2. The molecule has 1 fully saturated rings. The van der Waals surface area contributed by atoms with Crippen molar-refractivity contribution in [3.05, 3.63) is 34.9 Å². The molecule has 1 saturated heterocycles. The number of rotatable bonds is 7. The Hall–Kier alpha value is -0.710. The number of amides is 1. The Morgan fingerprint density at radius 1 is 1.52 bits per heavy atom. The van der Waals surface area contributed by atoms with Gasteiger partial charge in [-0.1, -0.05) is 30.7 Å². The highest BCUT2D eigenvalue weighted by molar-refractivity contribution is 7.99. The van der Waals surface area contributed by atoms with E-state index in [1.54, 1.807) is 11.8 Å². The van der Waals surface area contributed by atoms with Gasteiger partial charge in [0.15, 0.2) is 0 Å². The molecule has 5 heteroatoms. The molecular formula is C16H23ClN2OS. The van der Waals surface area contributed by atoms with E-state index in [-0.39, 0.29) is 5.91 Å². The maximum atomic E-state index is 11.9. The Morgan fingerprint density at radius 3 is 3.14 bits per heavy atom. The van der Waals surface area contributed by atoms with Crippen molar-refractivity contribution in [1.29, 1.82) is 0 Å². The third-order valence-electron chi connectivity index (χ3n) is 3.83. The van der Waals surface area contributed by atoms with Gasteiger partial charge < -0.3 is 5.32 Å². The van der Waals surface area contributed by atoms with Crippen molar-refractivity contribution in [3.8, 4) is 0 Å². The first-order valence-corrected chi connectivity index (χ1v) is 9.05. The molecule has 2 rings (SSSR count). The maximum Gasteiger partial charge on any atom is 0.230 e. The number of carbonyl (C=O) groups is 1. The minimum Gasteiger partial charge on any atom is -0.354 e. The predicted molar refractivity (Wildman–Crippen MR) is 90.9 cm³/mol. The molecular weight excluding hydrogens is 304 g/mol. The maximum absolute atomic E-state index is 11.9. The number of benzene rings is 1. The average Bonchev–Trinajstić information content (AvgIpc) is 2.92. The fraction of sp³-hybridized carbons (Fsp3) is 0.562. The lowest BCUT2D eigenvalue weighted by Crippen LogP contribution is -2.40. The van der Waals surface area contributed by atoms with Gasteiger partial charge in [-0.2, -0.15) is 0 Å². The second kappa shape index (κ2) is 8.66. The number of halogens is 1. The third kappa shape index (κ3) is 5.53. The average molecular weight is 327 g/mol. The lowest BCUT2D eigenvalue weighted by atomic mass is 10.2. The van der Waals surface area contributed by atoms with Crippen LogP contribution in [0.3, 0.4) is 0 Å². The third-order valence-corrected chi connectivity index (χ3v) is 5.07. The number of likely N-dealkylation sites (tertiary alicyclic amines) is 1. The van der Waals surface area contributed by atoms with Crippen molar-refractivity contribution in [2.24, 2.45) is 0 Å². The summed E-state index contributed by atoms with van der Waals surface area (Å²) in [6.07, 6.45) is 2.45. The fourth-order valence-electron chi connectivity index (χ4n) is 2.71. The molecule has 21 heavy (non-hydrogen) atoms. The molecule has 0 bridgehead atoms. The van der Waals surface area contributed by atoms with Crippen molar-refractivity contribution in [1.82, 2.24) is 10.2 Å². The normalized spacial score (nSPS) is 18.9.